The lowest BCUT2D eigenvalue weighted by molar-refractivity contribution is -0.122. The van der Waals surface area contributed by atoms with E-state index in [9.17, 15) is 4.79 Å². The molecule has 0 aromatic heterocycles. The average Bonchev–Trinajstić information content (AvgIpc) is 2.50. The van der Waals surface area contributed by atoms with Crippen LogP contribution >= 0.6 is 0 Å². The van der Waals surface area contributed by atoms with Crippen LogP contribution in [0.25, 0.3) is 0 Å². The van der Waals surface area contributed by atoms with Crippen LogP contribution in [0.4, 0.5) is 0 Å². The normalized spacial score (nSPS) is 17.6. The number of benzene rings is 1. The molecule has 4 nitrogen and oxygen atoms in total. The largest absolute Gasteiger partial charge is 0.381 e. The Morgan fingerprint density at radius 1 is 1.30 bits per heavy atom. The first-order chi connectivity index (χ1) is 9.81. The molecule has 2 rings (SSSR count). The van der Waals surface area contributed by atoms with Gasteiger partial charge in [-0.2, -0.15) is 0 Å². The second-order valence-electron chi connectivity index (χ2n) is 5.33. The number of rotatable bonds is 6. The molecule has 1 fully saturated rings. The van der Waals surface area contributed by atoms with Gasteiger partial charge in [0.1, 0.15) is 0 Å². The molecule has 20 heavy (non-hydrogen) atoms. The molecule has 0 saturated carbocycles. The van der Waals surface area contributed by atoms with Crippen LogP contribution in [0.3, 0.4) is 0 Å². The monoisotopic (exact) mass is 276 g/mol. The van der Waals surface area contributed by atoms with Gasteiger partial charge in [-0.1, -0.05) is 30.3 Å². The first kappa shape index (κ1) is 15.0. The summed E-state index contributed by atoms with van der Waals surface area (Å²) in [5.74, 6) is 0.466. The molecule has 1 atom stereocenters. The lowest BCUT2D eigenvalue weighted by atomic mass is 9.96. The van der Waals surface area contributed by atoms with Crippen molar-refractivity contribution in [1.82, 2.24) is 5.32 Å². The number of ether oxygens (including phenoxy) is 1. The smallest absolute Gasteiger partial charge is 0.228 e. The summed E-state index contributed by atoms with van der Waals surface area (Å²) in [6.45, 7) is 2.78. The molecule has 3 N–H and O–H groups in total. The minimum Gasteiger partial charge on any atom is -0.381 e. The topological polar surface area (TPSA) is 64.4 Å². The van der Waals surface area contributed by atoms with Gasteiger partial charge < -0.3 is 15.8 Å². The minimum absolute atomic E-state index is 0.0331. The van der Waals surface area contributed by atoms with E-state index in [0.29, 0.717) is 12.5 Å². The highest BCUT2D eigenvalue weighted by molar-refractivity contribution is 5.83. The molecule has 1 saturated heterocycles. The van der Waals surface area contributed by atoms with Crippen molar-refractivity contribution < 1.29 is 9.53 Å². The van der Waals surface area contributed by atoms with E-state index in [-0.39, 0.29) is 11.8 Å². The highest BCUT2D eigenvalue weighted by Crippen LogP contribution is 2.18. The summed E-state index contributed by atoms with van der Waals surface area (Å²) in [4.78, 5) is 12.2. The van der Waals surface area contributed by atoms with Crippen molar-refractivity contribution in [3.63, 3.8) is 0 Å². The van der Waals surface area contributed by atoms with Crippen LogP contribution in [0.1, 0.15) is 30.7 Å². The Balaban J connectivity index is 1.78. The molecule has 0 spiro atoms. The lowest BCUT2D eigenvalue weighted by Gasteiger charge is -2.22. The molecule has 1 aliphatic rings. The van der Waals surface area contributed by atoms with Crippen molar-refractivity contribution in [3.05, 3.63) is 35.9 Å². The molecular weight excluding hydrogens is 252 g/mol. The standard InChI is InChI=1S/C16H24N2O2/c17-12-15(14-4-2-1-3-5-14)16(19)18-9-6-13-7-10-20-11-8-13/h1-5,13,15H,6-12,17H2,(H,18,19). The second kappa shape index (κ2) is 8.02. The lowest BCUT2D eigenvalue weighted by Crippen LogP contribution is -2.35. The number of nitrogens with one attached hydrogen (secondary N) is 1. The van der Waals surface area contributed by atoms with Crippen molar-refractivity contribution in [1.29, 1.82) is 0 Å². The Morgan fingerprint density at radius 3 is 2.65 bits per heavy atom. The van der Waals surface area contributed by atoms with Gasteiger partial charge in [-0.3, -0.25) is 4.79 Å². The van der Waals surface area contributed by atoms with Crippen molar-refractivity contribution in [3.8, 4) is 0 Å². The summed E-state index contributed by atoms with van der Waals surface area (Å²) in [6, 6.07) is 9.73. The van der Waals surface area contributed by atoms with Gasteiger partial charge in [0.25, 0.3) is 0 Å². The zero-order valence-electron chi connectivity index (χ0n) is 11.9. The zero-order chi connectivity index (χ0) is 14.2. The van der Waals surface area contributed by atoms with E-state index in [4.69, 9.17) is 10.5 Å². The maximum atomic E-state index is 12.2. The van der Waals surface area contributed by atoms with E-state index in [1.165, 1.54) is 0 Å². The zero-order valence-corrected chi connectivity index (χ0v) is 11.9. The predicted molar refractivity (Wildman–Crippen MR) is 79.4 cm³/mol. The summed E-state index contributed by atoms with van der Waals surface area (Å²) < 4.78 is 5.34. The van der Waals surface area contributed by atoms with Crippen LogP contribution in [0, 0.1) is 5.92 Å². The second-order valence-corrected chi connectivity index (χ2v) is 5.33. The molecule has 110 valence electrons. The number of hydrogen-bond acceptors (Lipinski definition) is 3. The Labute approximate surface area is 120 Å². The third-order valence-electron chi connectivity index (χ3n) is 3.95. The first-order valence-electron chi connectivity index (χ1n) is 7.41. The number of carbonyl (C=O) groups excluding carboxylic acids is 1. The van der Waals surface area contributed by atoms with Gasteiger partial charge in [-0.25, -0.2) is 0 Å². The number of nitrogens with two attached hydrogens (primary N) is 1. The van der Waals surface area contributed by atoms with E-state index in [0.717, 1.165) is 44.6 Å². The molecular formula is C16H24N2O2. The Morgan fingerprint density at radius 2 is 2.00 bits per heavy atom. The highest BCUT2D eigenvalue weighted by Gasteiger charge is 2.19. The maximum absolute atomic E-state index is 12.2. The van der Waals surface area contributed by atoms with Crippen molar-refractivity contribution in [2.24, 2.45) is 11.7 Å². The average molecular weight is 276 g/mol. The van der Waals surface area contributed by atoms with Crippen LogP contribution in [-0.4, -0.2) is 32.2 Å². The fourth-order valence-corrected chi connectivity index (χ4v) is 2.64. The summed E-state index contributed by atoms with van der Waals surface area (Å²) in [7, 11) is 0. The number of amides is 1. The van der Waals surface area contributed by atoms with Crippen LogP contribution in [-0.2, 0) is 9.53 Å². The number of hydrogen-bond donors (Lipinski definition) is 2. The van der Waals surface area contributed by atoms with Gasteiger partial charge in [0.15, 0.2) is 0 Å². The van der Waals surface area contributed by atoms with Gasteiger partial charge in [-0.15, -0.1) is 0 Å². The van der Waals surface area contributed by atoms with Crippen LogP contribution < -0.4 is 11.1 Å². The SMILES string of the molecule is NCC(C(=O)NCCC1CCOCC1)c1ccccc1. The summed E-state index contributed by atoms with van der Waals surface area (Å²) in [6.07, 6.45) is 3.24. The fourth-order valence-electron chi connectivity index (χ4n) is 2.64. The van der Waals surface area contributed by atoms with E-state index < -0.39 is 0 Å². The van der Waals surface area contributed by atoms with E-state index >= 15 is 0 Å². The predicted octanol–water partition coefficient (Wildman–Crippen LogP) is 1.66. The summed E-state index contributed by atoms with van der Waals surface area (Å²) in [5, 5.41) is 3.02. The fraction of sp³-hybridized carbons (Fsp3) is 0.562. The molecule has 1 amide bonds. The van der Waals surface area contributed by atoms with Gasteiger partial charge >= 0.3 is 0 Å². The molecule has 1 aromatic rings. The molecule has 1 aromatic carbocycles. The Hall–Kier alpha value is -1.39. The van der Waals surface area contributed by atoms with Gasteiger partial charge in [-0.05, 0) is 30.7 Å². The third kappa shape index (κ3) is 4.32. The van der Waals surface area contributed by atoms with Crippen molar-refractivity contribution >= 4 is 5.91 Å². The van der Waals surface area contributed by atoms with E-state index in [2.05, 4.69) is 5.32 Å². The third-order valence-corrected chi connectivity index (χ3v) is 3.95. The first-order valence-corrected chi connectivity index (χ1v) is 7.41. The molecule has 1 aliphatic heterocycles. The maximum Gasteiger partial charge on any atom is 0.228 e. The summed E-state index contributed by atoms with van der Waals surface area (Å²) >= 11 is 0. The van der Waals surface area contributed by atoms with Crippen LogP contribution in [0.15, 0.2) is 30.3 Å². The summed E-state index contributed by atoms with van der Waals surface area (Å²) in [5.41, 5.74) is 6.73. The minimum atomic E-state index is -0.245. The van der Waals surface area contributed by atoms with Crippen molar-refractivity contribution in [2.75, 3.05) is 26.3 Å². The Bertz CT molecular complexity index is 402. The highest BCUT2D eigenvalue weighted by atomic mass is 16.5. The number of carbonyl (C=O) groups is 1. The molecule has 4 heteroatoms. The van der Waals surface area contributed by atoms with E-state index in [1.807, 2.05) is 30.3 Å². The molecule has 0 aliphatic carbocycles. The molecule has 1 unspecified atom stereocenters. The van der Waals surface area contributed by atoms with Crippen LogP contribution in [0.2, 0.25) is 0 Å². The Kier molecular flexibility index (Phi) is 6.02. The molecule has 0 bridgehead atoms. The quantitative estimate of drug-likeness (QED) is 0.830. The molecule has 0 radical (unpaired) electrons. The van der Waals surface area contributed by atoms with Gasteiger partial charge in [0.2, 0.25) is 5.91 Å². The van der Waals surface area contributed by atoms with Gasteiger partial charge in [0.05, 0.1) is 5.92 Å². The van der Waals surface area contributed by atoms with Crippen molar-refractivity contribution in [2.45, 2.75) is 25.2 Å². The molecule has 1 heterocycles. The van der Waals surface area contributed by atoms with Gasteiger partial charge in [0, 0.05) is 26.3 Å². The van der Waals surface area contributed by atoms with E-state index in [1.54, 1.807) is 0 Å². The van der Waals surface area contributed by atoms with Crippen LogP contribution in [0.5, 0.6) is 0 Å².